The number of amides is 1. The minimum absolute atomic E-state index is 0.00898. The number of nitrogens with one attached hydrogen (secondary N) is 1. The van der Waals surface area contributed by atoms with E-state index in [1.165, 1.54) is 0 Å². The van der Waals surface area contributed by atoms with Crippen LogP contribution in [0.15, 0.2) is 17.5 Å². The monoisotopic (exact) mass is 282 g/mol. The molecule has 96 valence electrons. The molecule has 0 spiro atoms. The lowest BCUT2D eigenvalue weighted by Crippen LogP contribution is -2.30. The van der Waals surface area contributed by atoms with Gasteiger partial charge in [-0.3, -0.25) is 14.5 Å². The van der Waals surface area contributed by atoms with Crippen LogP contribution in [-0.2, 0) is 4.79 Å². The molecule has 0 saturated carbocycles. The molecule has 7 heteroatoms. The molecule has 0 aromatic carbocycles. The van der Waals surface area contributed by atoms with Gasteiger partial charge in [0.05, 0.1) is 4.88 Å². The summed E-state index contributed by atoms with van der Waals surface area (Å²) in [6.07, 6.45) is 0. The number of thiophene rings is 1. The summed E-state index contributed by atoms with van der Waals surface area (Å²) in [5.41, 5.74) is 0. The van der Waals surface area contributed by atoms with Crippen molar-refractivity contribution in [1.82, 2.24) is 19.7 Å². The van der Waals surface area contributed by atoms with Gasteiger partial charge in [0.25, 0.3) is 0 Å². The summed E-state index contributed by atoms with van der Waals surface area (Å²) in [5, 5.41) is 8.93. The summed E-state index contributed by atoms with van der Waals surface area (Å²) >= 11 is 6.77. The summed E-state index contributed by atoms with van der Waals surface area (Å²) < 4.78 is 2.21. The Balaban J connectivity index is 2.48. The molecular formula is C11H14N4OS2. The van der Waals surface area contributed by atoms with E-state index in [4.69, 9.17) is 12.2 Å². The molecule has 0 bridgehead atoms. The smallest absolute Gasteiger partial charge is 0.244 e. The molecule has 18 heavy (non-hydrogen) atoms. The number of nitrogens with zero attached hydrogens (tertiary/aromatic N) is 3. The maximum Gasteiger partial charge on any atom is 0.244 e. The van der Waals surface area contributed by atoms with Crippen LogP contribution in [0, 0.1) is 4.77 Å². The van der Waals surface area contributed by atoms with Crippen LogP contribution in [0.3, 0.4) is 0 Å². The Hall–Kier alpha value is -1.47. The first-order chi connectivity index (χ1) is 8.52. The molecule has 1 amide bonds. The van der Waals surface area contributed by atoms with Crippen molar-refractivity contribution in [2.75, 3.05) is 14.1 Å². The summed E-state index contributed by atoms with van der Waals surface area (Å²) in [6.45, 7) is 1.82. The molecule has 2 aromatic rings. The van der Waals surface area contributed by atoms with E-state index in [1.807, 2.05) is 24.4 Å². The van der Waals surface area contributed by atoms with Crippen LogP contribution in [0.25, 0.3) is 10.7 Å². The molecule has 0 radical (unpaired) electrons. The van der Waals surface area contributed by atoms with E-state index in [0.717, 1.165) is 4.88 Å². The average Bonchev–Trinajstić information content (AvgIpc) is 2.95. The lowest BCUT2D eigenvalue weighted by molar-refractivity contribution is -0.131. The van der Waals surface area contributed by atoms with Gasteiger partial charge in [0.15, 0.2) is 10.6 Å². The topological polar surface area (TPSA) is 53.9 Å². The minimum atomic E-state index is -0.372. The van der Waals surface area contributed by atoms with E-state index in [9.17, 15) is 4.79 Å². The maximum absolute atomic E-state index is 12.0. The molecule has 2 rings (SSSR count). The zero-order chi connectivity index (χ0) is 13.3. The fraction of sp³-hybridized carbons (Fsp3) is 0.364. The van der Waals surface area contributed by atoms with Crippen molar-refractivity contribution < 1.29 is 4.79 Å². The summed E-state index contributed by atoms with van der Waals surface area (Å²) in [4.78, 5) is 14.6. The molecule has 1 N–H and O–H groups in total. The quantitative estimate of drug-likeness (QED) is 0.879. The Morgan fingerprint density at radius 3 is 2.89 bits per heavy atom. The van der Waals surface area contributed by atoms with E-state index < -0.39 is 0 Å². The predicted octanol–water partition coefficient (Wildman–Crippen LogP) is 2.32. The van der Waals surface area contributed by atoms with Gasteiger partial charge in [-0.1, -0.05) is 6.07 Å². The first kappa shape index (κ1) is 13.0. The molecule has 0 aliphatic heterocycles. The predicted molar refractivity (Wildman–Crippen MR) is 74.1 cm³/mol. The molecule has 2 aromatic heterocycles. The third kappa shape index (κ3) is 2.23. The van der Waals surface area contributed by atoms with Gasteiger partial charge in [-0.15, -0.1) is 11.3 Å². The van der Waals surface area contributed by atoms with E-state index in [1.54, 1.807) is 34.9 Å². The zero-order valence-corrected chi connectivity index (χ0v) is 12.0. The van der Waals surface area contributed by atoms with Gasteiger partial charge < -0.3 is 4.90 Å². The molecular weight excluding hydrogens is 268 g/mol. The highest BCUT2D eigenvalue weighted by atomic mass is 32.1. The molecule has 0 aliphatic carbocycles. The fourth-order valence-electron chi connectivity index (χ4n) is 1.73. The number of hydrogen-bond donors (Lipinski definition) is 1. The zero-order valence-electron chi connectivity index (χ0n) is 10.4. The first-order valence-electron chi connectivity index (χ1n) is 5.44. The van der Waals surface area contributed by atoms with Crippen molar-refractivity contribution in [2.45, 2.75) is 13.0 Å². The third-order valence-electron chi connectivity index (χ3n) is 2.63. The largest absolute Gasteiger partial charge is 0.347 e. The standard InChI is InChI=1S/C11H14N4OS2/c1-7(10(16)14(2)3)15-9(12-13-11(15)17)8-5-4-6-18-8/h4-7H,1-3H3,(H,13,17). The highest BCUT2D eigenvalue weighted by molar-refractivity contribution is 7.71. The Labute approximate surface area is 114 Å². The van der Waals surface area contributed by atoms with Gasteiger partial charge >= 0.3 is 0 Å². The van der Waals surface area contributed by atoms with Crippen molar-refractivity contribution in [3.63, 3.8) is 0 Å². The van der Waals surface area contributed by atoms with Crippen LogP contribution >= 0.6 is 23.6 Å². The Morgan fingerprint density at radius 2 is 2.33 bits per heavy atom. The van der Waals surface area contributed by atoms with Gasteiger partial charge in [-0.05, 0) is 30.6 Å². The van der Waals surface area contributed by atoms with Crippen molar-refractivity contribution in [2.24, 2.45) is 0 Å². The number of hydrogen-bond acceptors (Lipinski definition) is 4. The first-order valence-corrected chi connectivity index (χ1v) is 6.73. The third-order valence-corrected chi connectivity index (χ3v) is 3.79. The molecule has 1 atom stereocenters. The van der Waals surface area contributed by atoms with Crippen molar-refractivity contribution in [3.8, 4) is 10.7 Å². The number of H-pyrrole nitrogens is 1. The van der Waals surface area contributed by atoms with Gasteiger partial charge in [-0.25, -0.2) is 0 Å². The number of rotatable bonds is 3. The Morgan fingerprint density at radius 1 is 1.61 bits per heavy atom. The lowest BCUT2D eigenvalue weighted by Gasteiger charge is -2.18. The van der Waals surface area contributed by atoms with Gasteiger partial charge in [0.2, 0.25) is 5.91 Å². The normalized spacial score (nSPS) is 12.4. The van der Waals surface area contributed by atoms with Gasteiger partial charge in [-0.2, -0.15) is 5.10 Å². The van der Waals surface area contributed by atoms with Crippen molar-refractivity contribution in [1.29, 1.82) is 0 Å². The molecule has 0 saturated heterocycles. The summed E-state index contributed by atoms with van der Waals surface area (Å²) in [6, 6.07) is 3.53. The SMILES string of the molecule is CC(C(=O)N(C)C)n1c(-c2cccs2)n[nH]c1=S. The van der Waals surface area contributed by atoms with Crippen LogP contribution in [0.5, 0.6) is 0 Å². The second kappa shape index (κ2) is 5.03. The van der Waals surface area contributed by atoms with Crippen LogP contribution in [0.2, 0.25) is 0 Å². The summed E-state index contributed by atoms with van der Waals surface area (Å²) in [5.74, 6) is 0.697. The maximum atomic E-state index is 12.0. The van der Waals surface area contributed by atoms with E-state index in [2.05, 4.69) is 10.2 Å². The number of aromatic nitrogens is 3. The highest BCUT2D eigenvalue weighted by Gasteiger charge is 2.22. The second-order valence-electron chi connectivity index (χ2n) is 4.11. The van der Waals surface area contributed by atoms with Crippen LogP contribution < -0.4 is 0 Å². The van der Waals surface area contributed by atoms with Crippen LogP contribution in [-0.4, -0.2) is 39.7 Å². The van der Waals surface area contributed by atoms with E-state index in [-0.39, 0.29) is 11.9 Å². The Bertz CT molecular complexity index is 597. The number of aromatic amines is 1. The molecule has 0 fully saturated rings. The molecule has 2 heterocycles. The lowest BCUT2D eigenvalue weighted by atomic mass is 10.3. The van der Waals surface area contributed by atoms with Crippen molar-refractivity contribution in [3.05, 3.63) is 22.3 Å². The highest BCUT2D eigenvalue weighted by Crippen LogP contribution is 2.25. The van der Waals surface area contributed by atoms with Gasteiger partial charge in [0, 0.05) is 14.1 Å². The molecule has 5 nitrogen and oxygen atoms in total. The van der Waals surface area contributed by atoms with Crippen LogP contribution in [0.4, 0.5) is 0 Å². The van der Waals surface area contributed by atoms with E-state index in [0.29, 0.717) is 10.6 Å². The van der Waals surface area contributed by atoms with E-state index >= 15 is 0 Å². The average molecular weight is 282 g/mol. The second-order valence-corrected chi connectivity index (χ2v) is 5.44. The number of carbonyl (C=O) groups excluding carboxylic acids is 1. The Kier molecular flexibility index (Phi) is 3.63. The molecule has 1 unspecified atom stereocenters. The summed E-state index contributed by atoms with van der Waals surface area (Å²) in [7, 11) is 3.46. The van der Waals surface area contributed by atoms with Crippen molar-refractivity contribution >= 4 is 29.5 Å². The molecule has 0 aliphatic rings. The van der Waals surface area contributed by atoms with Crippen LogP contribution in [0.1, 0.15) is 13.0 Å². The van der Waals surface area contributed by atoms with Gasteiger partial charge in [0.1, 0.15) is 6.04 Å². The number of carbonyl (C=O) groups is 1. The fourth-order valence-corrected chi connectivity index (χ4v) is 2.73. The number of likely N-dealkylation sites (N-methyl/N-ethyl adjacent to an activating group) is 1. The minimum Gasteiger partial charge on any atom is -0.347 e.